The highest BCUT2D eigenvalue weighted by Gasteiger charge is 2.19. The van der Waals surface area contributed by atoms with Gasteiger partial charge in [-0.1, -0.05) is 35.9 Å². The molecular weight excluding hydrogens is 242 g/mol. The molecule has 2 aromatic carbocycles. The minimum Gasteiger partial charge on any atom is -0.378 e. The monoisotopic (exact) mass is 257 g/mol. The summed E-state index contributed by atoms with van der Waals surface area (Å²) in [4.78, 5) is 0. The van der Waals surface area contributed by atoms with E-state index in [1.165, 1.54) is 30.4 Å². The molecule has 2 heteroatoms. The second-order valence-corrected chi connectivity index (χ2v) is 5.23. The number of anilines is 1. The zero-order valence-electron chi connectivity index (χ0n) is 10.2. The molecule has 1 nitrogen and oxygen atoms in total. The molecule has 0 fully saturated rings. The third kappa shape index (κ3) is 2.37. The normalized spacial score (nSPS) is 18.2. The van der Waals surface area contributed by atoms with Crippen molar-refractivity contribution in [1.82, 2.24) is 0 Å². The fraction of sp³-hybridized carbons (Fsp3) is 0.250. The summed E-state index contributed by atoms with van der Waals surface area (Å²) in [5.41, 5.74) is 4.06. The van der Waals surface area contributed by atoms with Crippen LogP contribution in [0.5, 0.6) is 0 Å². The van der Waals surface area contributed by atoms with E-state index in [0.717, 1.165) is 10.7 Å². The predicted molar refractivity (Wildman–Crippen MR) is 77.2 cm³/mol. The summed E-state index contributed by atoms with van der Waals surface area (Å²) in [7, 11) is 0. The fourth-order valence-corrected chi connectivity index (χ4v) is 2.78. The standard InChI is InChI=1S/C16H16ClN/c17-13-8-10-14(11-9-13)18-16-7-3-5-12-4-1-2-6-15(12)16/h1-2,4,6,8-11,16,18H,3,5,7H2. The summed E-state index contributed by atoms with van der Waals surface area (Å²) >= 11 is 5.91. The molecule has 0 saturated carbocycles. The Kier molecular flexibility index (Phi) is 3.24. The van der Waals surface area contributed by atoms with Crippen LogP contribution in [0.1, 0.15) is 30.0 Å². The maximum Gasteiger partial charge on any atom is 0.0516 e. The van der Waals surface area contributed by atoms with Crippen molar-refractivity contribution in [2.45, 2.75) is 25.3 Å². The zero-order chi connectivity index (χ0) is 12.4. The third-order valence-electron chi connectivity index (χ3n) is 3.55. The molecule has 0 heterocycles. The topological polar surface area (TPSA) is 12.0 Å². The van der Waals surface area contributed by atoms with Gasteiger partial charge in [-0.15, -0.1) is 0 Å². The van der Waals surface area contributed by atoms with Gasteiger partial charge in [-0.05, 0) is 54.7 Å². The van der Waals surface area contributed by atoms with Crippen molar-refractivity contribution in [1.29, 1.82) is 0 Å². The van der Waals surface area contributed by atoms with Crippen LogP contribution in [-0.4, -0.2) is 0 Å². The van der Waals surface area contributed by atoms with Crippen molar-refractivity contribution < 1.29 is 0 Å². The first kappa shape index (κ1) is 11.6. The van der Waals surface area contributed by atoms with Crippen LogP contribution < -0.4 is 5.32 Å². The lowest BCUT2D eigenvalue weighted by atomic mass is 9.87. The molecule has 1 aliphatic rings. The van der Waals surface area contributed by atoms with Crippen LogP contribution in [0.2, 0.25) is 5.02 Å². The van der Waals surface area contributed by atoms with Gasteiger partial charge in [-0.3, -0.25) is 0 Å². The summed E-state index contributed by atoms with van der Waals surface area (Å²) in [5, 5.41) is 4.39. The number of hydrogen-bond acceptors (Lipinski definition) is 1. The quantitative estimate of drug-likeness (QED) is 0.813. The smallest absolute Gasteiger partial charge is 0.0516 e. The molecule has 0 bridgehead atoms. The summed E-state index contributed by atoms with van der Waals surface area (Å²) in [6.07, 6.45) is 3.65. The van der Waals surface area contributed by atoms with Crippen molar-refractivity contribution in [3.8, 4) is 0 Å². The summed E-state index contributed by atoms with van der Waals surface area (Å²) in [6.45, 7) is 0. The van der Waals surface area contributed by atoms with Crippen molar-refractivity contribution >= 4 is 17.3 Å². The zero-order valence-corrected chi connectivity index (χ0v) is 11.0. The number of rotatable bonds is 2. The number of halogens is 1. The van der Waals surface area contributed by atoms with Crippen LogP contribution in [0.3, 0.4) is 0 Å². The van der Waals surface area contributed by atoms with Gasteiger partial charge in [0.2, 0.25) is 0 Å². The molecular formula is C16H16ClN. The van der Waals surface area contributed by atoms with Gasteiger partial charge in [-0.2, -0.15) is 0 Å². The molecule has 0 spiro atoms. The molecule has 2 aromatic rings. The largest absolute Gasteiger partial charge is 0.378 e. The molecule has 3 rings (SSSR count). The van der Waals surface area contributed by atoms with Crippen molar-refractivity contribution in [3.63, 3.8) is 0 Å². The van der Waals surface area contributed by atoms with Gasteiger partial charge in [0.25, 0.3) is 0 Å². The molecule has 1 unspecified atom stereocenters. The van der Waals surface area contributed by atoms with Crippen molar-refractivity contribution in [2.24, 2.45) is 0 Å². The lowest BCUT2D eigenvalue weighted by Gasteiger charge is -2.27. The Hall–Kier alpha value is -1.47. The fourth-order valence-electron chi connectivity index (χ4n) is 2.65. The Bertz CT molecular complexity index is 533. The van der Waals surface area contributed by atoms with Crippen LogP contribution in [0, 0.1) is 0 Å². The van der Waals surface area contributed by atoms with Gasteiger partial charge >= 0.3 is 0 Å². The van der Waals surface area contributed by atoms with Crippen LogP contribution >= 0.6 is 11.6 Å². The van der Waals surface area contributed by atoms with Gasteiger partial charge in [-0.25, -0.2) is 0 Å². The maximum absolute atomic E-state index is 5.91. The molecule has 0 aliphatic heterocycles. The van der Waals surface area contributed by atoms with Gasteiger partial charge in [0.05, 0.1) is 6.04 Å². The van der Waals surface area contributed by atoms with E-state index in [0.29, 0.717) is 6.04 Å². The minimum atomic E-state index is 0.427. The van der Waals surface area contributed by atoms with E-state index >= 15 is 0 Å². The summed E-state index contributed by atoms with van der Waals surface area (Å²) in [6, 6.07) is 17.1. The van der Waals surface area contributed by atoms with Crippen LogP contribution in [0.15, 0.2) is 48.5 Å². The van der Waals surface area contributed by atoms with Gasteiger partial charge in [0.15, 0.2) is 0 Å². The van der Waals surface area contributed by atoms with E-state index in [9.17, 15) is 0 Å². The van der Waals surface area contributed by atoms with E-state index in [-0.39, 0.29) is 0 Å². The van der Waals surface area contributed by atoms with Crippen molar-refractivity contribution in [2.75, 3.05) is 5.32 Å². The number of benzene rings is 2. The van der Waals surface area contributed by atoms with Crippen molar-refractivity contribution in [3.05, 3.63) is 64.7 Å². The first-order valence-corrected chi connectivity index (χ1v) is 6.80. The van der Waals surface area contributed by atoms with E-state index in [2.05, 4.69) is 29.6 Å². The Labute approximate surface area is 113 Å². The van der Waals surface area contributed by atoms with Gasteiger partial charge in [0, 0.05) is 10.7 Å². The molecule has 92 valence electrons. The van der Waals surface area contributed by atoms with E-state index in [1.807, 2.05) is 24.3 Å². The van der Waals surface area contributed by atoms with Crippen LogP contribution in [-0.2, 0) is 6.42 Å². The minimum absolute atomic E-state index is 0.427. The highest BCUT2D eigenvalue weighted by molar-refractivity contribution is 6.30. The second-order valence-electron chi connectivity index (χ2n) is 4.79. The highest BCUT2D eigenvalue weighted by Crippen LogP contribution is 2.32. The van der Waals surface area contributed by atoms with Gasteiger partial charge < -0.3 is 5.32 Å². The highest BCUT2D eigenvalue weighted by atomic mass is 35.5. The van der Waals surface area contributed by atoms with Gasteiger partial charge in [0.1, 0.15) is 0 Å². The average Bonchev–Trinajstić information content (AvgIpc) is 2.42. The van der Waals surface area contributed by atoms with E-state index in [1.54, 1.807) is 0 Å². The Morgan fingerprint density at radius 1 is 1.00 bits per heavy atom. The predicted octanol–water partition coefficient (Wildman–Crippen LogP) is 4.83. The first-order chi connectivity index (χ1) is 8.83. The number of aryl methyl sites for hydroxylation is 1. The summed E-state index contributed by atoms with van der Waals surface area (Å²) in [5.74, 6) is 0. The van der Waals surface area contributed by atoms with E-state index in [4.69, 9.17) is 11.6 Å². The lowest BCUT2D eigenvalue weighted by Crippen LogP contribution is -2.17. The molecule has 0 amide bonds. The molecule has 0 saturated heterocycles. The number of hydrogen-bond donors (Lipinski definition) is 1. The lowest BCUT2D eigenvalue weighted by molar-refractivity contribution is 0.600. The first-order valence-electron chi connectivity index (χ1n) is 6.43. The average molecular weight is 258 g/mol. The molecule has 18 heavy (non-hydrogen) atoms. The Morgan fingerprint density at radius 3 is 2.61 bits per heavy atom. The molecule has 0 radical (unpaired) electrons. The number of nitrogens with one attached hydrogen (secondary N) is 1. The SMILES string of the molecule is Clc1ccc(NC2CCCc3ccccc32)cc1. The maximum atomic E-state index is 5.91. The van der Waals surface area contributed by atoms with E-state index < -0.39 is 0 Å². The molecule has 1 aliphatic carbocycles. The molecule has 1 atom stereocenters. The third-order valence-corrected chi connectivity index (χ3v) is 3.81. The van der Waals surface area contributed by atoms with Crippen LogP contribution in [0.4, 0.5) is 5.69 Å². The summed E-state index contributed by atoms with van der Waals surface area (Å²) < 4.78 is 0. The Morgan fingerprint density at radius 2 is 1.78 bits per heavy atom. The Balaban J connectivity index is 1.84. The molecule has 0 aromatic heterocycles. The molecule has 1 N–H and O–H groups in total. The second kappa shape index (κ2) is 5.03. The van der Waals surface area contributed by atoms with Crippen LogP contribution in [0.25, 0.3) is 0 Å². The number of fused-ring (bicyclic) bond motifs is 1.